The molecule has 0 saturated heterocycles. The minimum Gasteiger partial charge on any atom is -0.462 e. The third kappa shape index (κ3) is 4.28. The Bertz CT molecular complexity index is 234. The van der Waals surface area contributed by atoms with Crippen molar-refractivity contribution in [2.24, 2.45) is 5.73 Å². The largest absolute Gasteiger partial charge is 0.462 e. The van der Waals surface area contributed by atoms with E-state index in [1.54, 1.807) is 19.1 Å². The summed E-state index contributed by atoms with van der Waals surface area (Å²) in [5, 5.41) is 0. The number of hydrogen-bond donors (Lipinski definition) is 1. The summed E-state index contributed by atoms with van der Waals surface area (Å²) in [6.45, 7) is 2.22. The van der Waals surface area contributed by atoms with Gasteiger partial charge in [0.2, 0.25) is 0 Å². The molecule has 0 aliphatic carbocycles. The quantitative estimate of drug-likeness (QED) is 0.702. The van der Waals surface area contributed by atoms with Crippen LogP contribution >= 0.6 is 0 Å². The number of carbonyl (C=O) groups excluding carboxylic acids is 1. The topological polar surface area (TPSA) is 52.3 Å². The van der Waals surface area contributed by atoms with Gasteiger partial charge in [-0.3, -0.25) is 0 Å². The van der Waals surface area contributed by atoms with Crippen LogP contribution in [-0.4, -0.2) is 19.6 Å². The van der Waals surface area contributed by atoms with E-state index in [9.17, 15) is 4.79 Å². The van der Waals surface area contributed by atoms with Gasteiger partial charge in [-0.25, -0.2) is 4.79 Å². The summed E-state index contributed by atoms with van der Waals surface area (Å²) in [6, 6.07) is 8.96. The molecule has 72 valence electrons. The van der Waals surface area contributed by atoms with Crippen LogP contribution in [0.25, 0.3) is 0 Å². The maximum Gasteiger partial charge on any atom is 0.338 e. The number of ether oxygens (including phenoxy) is 1. The third-order valence-electron chi connectivity index (χ3n) is 1.28. The molecule has 2 N–H and O–H groups in total. The fraction of sp³-hybridized carbons (Fsp3) is 0.300. The predicted molar refractivity (Wildman–Crippen MR) is 52.5 cm³/mol. The van der Waals surface area contributed by atoms with Gasteiger partial charge in [-0.1, -0.05) is 18.2 Å². The lowest BCUT2D eigenvalue weighted by atomic mass is 10.2. The number of nitrogens with two attached hydrogens (primary N) is 1. The maximum absolute atomic E-state index is 11.0. The fourth-order valence-electron chi connectivity index (χ4n) is 0.789. The van der Waals surface area contributed by atoms with Gasteiger partial charge in [0.15, 0.2) is 0 Å². The zero-order valence-corrected chi connectivity index (χ0v) is 7.99. The molecular weight excluding hydrogens is 166 g/mol. The molecule has 0 saturated carbocycles. The second kappa shape index (κ2) is 7.31. The SMILES string of the molecule is CCOC(=O)c1ccccc1.CN. The number of carbonyl (C=O) groups is 1. The minimum atomic E-state index is -0.256. The average Bonchev–Trinajstić information content (AvgIpc) is 2.23. The Labute approximate surface area is 78.5 Å². The Balaban J connectivity index is 0.000000671. The van der Waals surface area contributed by atoms with Crippen molar-refractivity contribution in [1.82, 2.24) is 0 Å². The molecular formula is C10H15NO2. The van der Waals surface area contributed by atoms with Crippen LogP contribution < -0.4 is 5.73 Å². The Hall–Kier alpha value is -1.35. The highest BCUT2D eigenvalue weighted by Gasteiger charge is 2.02. The van der Waals surface area contributed by atoms with E-state index < -0.39 is 0 Å². The number of hydrogen-bond acceptors (Lipinski definition) is 3. The second-order valence-corrected chi connectivity index (χ2v) is 2.09. The van der Waals surface area contributed by atoms with Crippen molar-refractivity contribution >= 4 is 5.97 Å². The molecule has 0 radical (unpaired) electrons. The highest BCUT2D eigenvalue weighted by Crippen LogP contribution is 1.99. The number of benzene rings is 1. The van der Waals surface area contributed by atoms with Crippen LogP contribution in [0.3, 0.4) is 0 Å². The van der Waals surface area contributed by atoms with Crippen LogP contribution in [0.2, 0.25) is 0 Å². The number of esters is 1. The summed E-state index contributed by atoms with van der Waals surface area (Å²) >= 11 is 0. The first-order valence-electron chi connectivity index (χ1n) is 4.14. The molecule has 0 spiro atoms. The van der Waals surface area contributed by atoms with Gasteiger partial charge in [-0.05, 0) is 26.1 Å². The van der Waals surface area contributed by atoms with Crippen molar-refractivity contribution in [3.8, 4) is 0 Å². The Morgan fingerprint density at radius 1 is 1.31 bits per heavy atom. The van der Waals surface area contributed by atoms with Gasteiger partial charge in [-0.15, -0.1) is 0 Å². The van der Waals surface area contributed by atoms with E-state index in [2.05, 4.69) is 5.73 Å². The van der Waals surface area contributed by atoms with E-state index in [1.807, 2.05) is 18.2 Å². The molecule has 1 aromatic rings. The first-order chi connectivity index (χ1) is 6.34. The molecule has 0 aliphatic heterocycles. The smallest absolute Gasteiger partial charge is 0.338 e. The van der Waals surface area contributed by atoms with Crippen molar-refractivity contribution in [1.29, 1.82) is 0 Å². The monoisotopic (exact) mass is 181 g/mol. The molecule has 0 atom stereocenters. The Morgan fingerprint density at radius 3 is 2.31 bits per heavy atom. The van der Waals surface area contributed by atoms with Gasteiger partial charge < -0.3 is 10.5 Å². The van der Waals surface area contributed by atoms with E-state index in [0.29, 0.717) is 12.2 Å². The van der Waals surface area contributed by atoms with Crippen LogP contribution in [0.5, 0.6) is 0 Å². The predicted octanol–water partition coefficient (Wildman–Crippen LogP) is 1.44. The normalized spacial score (nSPS) is 8.23. The minimum absolute atomic E-state index is 0.256. The lowest BCUT2D eigenvalue weighted by Crippen LogP contribution is -2.03. The maximum atomic E-state index is 11.0. The summed E-state index contributed by atoms with van der Waals surface area (Å²) in [5.74, 6) is -0.256. The molecule has 1 rings (SSSR count). The summed E-state index contributed by atoms with van der Waals surface area (Å²) in [4.78, 5) is 11.0. The number of rotatable bonds is 2. The molecule has 0 heterocycles. The standard InChI is InChI=1S/C9H10O2.CH5N/c1-2-11-9(10)8-6-4-3-5-7-8;1-2/h3-7H,2H2,1H3;2H2,1H3. The van der Waals surface area contributed by atoms with Gasteiger partial charge in [0.1, 0.15) is 0 Å². The summed E-state index contributed by atoms with van der Waals surface area (Å²) in [7, 11) is 1.50. The molecule has 1 aromatic carbocycles. The zero-order valence-electron chi connectivity index (χ0n) is 7.99. The van der Waals surface area contributed by atoms with Crippen LogP contribution in [0.4, 0.5) is 0 Å². The summed E-state index contributed by atoms with van der Waals surface area (Å²) < 4.78 is 4.79. The van der Waals surface area contributed by atoms with Crippen LogP contribution in [0.1, 0.15) is 17.3 Å². The van der Waals surface area contributed by atoms with Crippen molar-refractivity contribution in [2.45, 2.75) is 6.92 Å². The molecule has 3 heteroatoms. The summed E-state index contributed by atoms with van der Waals surface area (Å²) in [6.07, 6.45) is 0. The highest BCUT2D eigenvalue weighted by atomic mass is 16.5. The van der Waals surface area contributed by atoms with Gasteiger partial charge in [0.05, 0.1) is 12.2 Å². The molecule has 0 aliphatic rings. The average molecular weight is 181 g/mol. The highest BCUT2D eigenvalue weighted by molar-refractivity contribution is 5.89. The Kier molecular flexibility index (Phi) is 6.55. The van der Waals surface area contributed by atoms with E-state index in [-0.39, 0.29) is 5.97 Å². The Morgan fingerprint density at radius 2 is 1.85 bits per heavy atom. The van der Waals surface area contributed by atoms with E-state index in [4.69, 9.17) is 4.74 Å². The van der Waals surface area contributed by atoms with Gasteiger partial charge in [0, 0.05) is 0 Å². The molecule has 3 nitrogen and oxygen atoms in total. The van der Waals surface area contributed by atoms with Crippen molar-refractivity contribution in [3.05, 3.63) is 35.9 Å². The third-order valence-corrected chi connectivity index (χ3v) is 1.28. The van der Waals surface area contributed by atoms with Gasteiger partial charge in [-0.2, -0.15) is 0 Å². The van der Waals surface area contributed by atoms with Crippen molar-refractivity contribution in [3.63, 3.8) is 0 Å². The molecule has 0 bridgehead atoms. The molecule has 0 aromatic heterocycles. The van der Waals surface area contributed by atoms with E-state index >= 15 is 0 Å². The fourth-order valence-corrected chi connectivity index (χ4v) is 0.789. The molecule has 0 amide bonds. The summed E-state index contributed by atoms with van der Waals surface area (Å²) in [5.41, 5.74) is 5.11. The first kappa shape index (κ1) is 11.6. The van der Waals surface area contributed by atoms with E-state index in [0.717, 1.165) is 0 Å². The zero-order chi connectivity index (χ0) is 10.1. The van der Waals surface area contributed by atoms with E-state index in [1.165, 1.54) is 7.05 Å². The van der Waals surface area contributed by atoms with Crippen LogP contribution in [0, 0.1) is 0 Å². The molecule has 0 fully saturated rings. The lowest BCUT2D eigenvalue weighted by Gasteiger charge is -1.99. The lowest BCUT2D eigenvalue weighted by molar-refractivity contribution is 0.0526. The van der Waals surface area contributed by atoms with Crippen LogP contribution in [0.15, 0.2) is 30.3 Å². The van der Waals surface area contributed by atoms with Crippen molar-refractivity contribution < 1.29 is 9.53 Å². The van der Waals surface area contributed by atoms with Crippen molar-refractivity contribution in [2.75, 3.05) is 13.7 Å². The molecule has 0 unspecified atom stereocenters. The van der Waals surface area contributed by atoms with Gasteiger partial charge in [0.25, 0.3) is 0 Å². The second-order valence-electron chi connectivity index (χ2n) is 2.09. The van der Waals surface area contributed by atoms with Crippen LogP contribution in [-0.2, 0) is 4.74 Å². The first-order valence-corrected chi connectivity index (χ1v) is 4.14. The van der Waals surface area contributed by atoms with Gasteiger partial charge >= 0.3 is 5.97 Å². The molecule has 13 heavy (non-hydrogen) atoms.